The molecule has 0 saturated carbocycles. The van der Waals surface area contributed by atoms with E-state index in [1.54, 1.807) is 55.8 Å². The SMILES string of the molecule is C=CC(=O)Nc1ccc(OC)c(Nc2nc(Nc3ccccc3P(C)(C)=O)c3c(F)c[nH]c3n2)c1. The van der Waals surface area contributed by atoms with Gasteiger partial charge in [-0.15, -0.1) is 0 Å². The lowest BCUT2D eigenvalue weighted by atomic mass is 10.2. The van der Waals surface area contributed by atoms with Crippen LogP contribution in [-0.4, -0.2) is 41.3 Å². The van der Waals surface area contributed by atoms with Crippen molar-refractivity contribution in [2.75, 3.05) is 36.4 Å². The topological polar surface area (TPSA) is 121 Å². The van der Waals surface area contributed by atoms with Crippen LogP contribution in [0.2, 0.25) is 0 Å². The van der Waals surface area contributed by atoms with Gasteiger partial charge in [-0.05, 0) is 49.7 Å². The van der Waals surface area contributed by atoms with Gasteiger partial charge in [0.15, 0.2) is 5.82 Å². The van der Waals surface area contributed by atoms with E-state index in [0.29, 0.717) is 28.1 Å². The zero-order valence-corrected chi connectivity index (χ0v) is 20.2. The lowest BCUT2D eigenvalue weighted by molar-refractivity contribution is -0.111. The zero-order chi connectivity index (χ0) is 25.2. The van der Waals surface area contributed by atoms with Crippen molar-refractivity contribution >= 4 is 58.2 Å². The van der Waals surface area contributed by atoms with Gasteiger partial charge in [-0.2, -0.15) is 9.97 Å². The Balaban J connectivity index is 1.77. The normalized spacial score (nSPS) is 11.2. The number of nitrogens with one attached hydrogen (secondary N) is 4. The summed E-state index contributed by atoms with van der Waals surface area (Å²) in [6, 6.07) is 12.1. The monoisotopic (exact) mass is 494 g/mol. The van der Waals surface area contributed by atoms with E-state index in [1.807, 2.05) is 0 Å². The summed E-state index contributed by atoms with van der Waals surface area (Å²) in [5.74, 6) is -0.0988. The number of hydrogen-bond acceptors (Lipinski definition) is 7. The zero-order valence-electron chi connectivity index (χ0n) is 19.3. The lowest BCUT2D eigenvalue weighted by Crippen LogP contribution is -2.11. The smallest absolute Gasteiger partial charge is 0.247 e. The number of aromatic amines is 1. The van der Waals surface area contributed by atoms with Gasteiger partial charge in [0.1, 0.15) is 24.4 Å². The predicted molar refractivity (Wildman–Crippen MR) is 138 cm³/mol. The van der Waals surface area contributed by atoms with Crippen LogP contribution in [-0.2, 0) is 9.36 Å². The highest BCUT2D eigenvalue weighted by Crippen LogP contribution is 2.39. The molecular weight excluding hydrogens is 470 g/mol. The molecule has 0 atom stereocenters. The van der Waals surface area contributed by atoms with E-state index in [-0.39, 0.29) is 28.7 Å². The Hall–Kier alpha value is -4.17. The number of para-hydroxylation sites is 1. The highest BCUT2D eigenvalue weighted by molar-refractivity contribution is 7.70. The van der Waals surface area contributed by atoms with Crippen LogP contribution in [0.5, 0.6) is 5.75 Å². The third-order valence-corrected chi connectivity index (χ3v) is 6.67. The highest BCUT2D eigenvalue weighted by atomic mass is 31.2. The maximum Gasteiger partial charge on any atom is 0.247 e. The average molecular weight is 494 g/mol. The van der Waals surface area contributed by atoms with Crippen molar-refractivity contribution in [1.82, 2.24) is 15.0 Å². The predicted octanol–water partition coefficient (Wildman–Crippen LogP) is 4.97. The maximum absolute atomic E-state index is 14.6. The van der Waals surface area contributed by atoms with Crippen LogP contribution in [0, 0.1) is 5.82 Å². The second-order valence-electron chi connectivity index (χ2n) is 7.98. The largest absolute Gasteiger partial charge is 0.495 e. The Morgan fingerprint density at radius 3 is 2.63 bits per heavy atom. The molecule has 4 aromatic rings. The van der Waals surface area contributed by atoms with Crippen LogP contribution in [0.15, 0.2) is 61.3 Å². The molecule has 0 bridgehead atoms. The van der Waals surface area contributed by atoms with E-state index in [0.717, 1.165) is 6.08 Å². The number of benzene rings is 2. The number of carbonyl (C=O) groups excluding carboxylic acids is 1. The van der Waals surface area contributed by atoms with Crippen LogP contribution in [0.1, 0.15) is 0 Å². The molecule has 4 N–H and O–H groups in total. The molecule has 0 aliphatic carbocycles. The van der Waals surface area contributed by atoms with Gasteiger partial charge in [0, 0.05) is 17.2 Å². The number of hydrogen-bond donors (Lipinski definition) is 4. The third-order valence-electron chi connectivity index (χ3n) is 5.12. The van der Waals surface area contributed by atoms with E-state index >= 15 is 0 Å². The van der Waals surface area contributed by atoms with Crippen LogP contribution in [0.25, 0.3) is 11.0 Å². The van der Waals surface area contributed by atoms with Crippen molar-refractivity contribution in [3.63, 3.8) is 0 Å². The number of carbonyl (C=O) groups is 1. The van der Waals surface area contributed by atoms with E-state index in [1.165, 1.54) is 13.3 Å². The fraction of sp³-hybridized carbons (Fsp3) is 0.125. The summed E-state index contributed by atoms with van der Waals surface area (Å²) >= 11 is 0. The Kier molecular flexibility index (Phi) is 6.57. The van der Waals surface area contributed by atoms with Crippen molar-refractivity contribution in [2.24, 2.45) is 0 Å². The first kappa shape index (κ1) is 24.0. The fourth-order valence-corrected chi connectivity index (χ4v) is 4.67. The minimum atomic E-state index is -2.63. The average Bonchev–Trinajstić information content (AvgIpc) is 3.19. The van der Waals surface area contributed by atoms with Gasteiger partial charge in [-0.25, -0.2) is 4.39 Å². The van der Waals surface area contributed by atoms with Crippen molar-refractivity contribution in [1.29, 1.82) is 0 Å². The van der Waals surface area contributed by atoms with Gasteiger partial charge in [0.05, 0.1) is 23.9 Å². The molecule has 4 rings (SSSR count). The summed E-state index contributed by atoms with van der Waals surface area (Å²) in [7, 11) is -1.12. The Morgan fingerprint density at radius 2 is 1.91 bits per heavy atom. The Bertz CT molecular complexity index is 1480. The number of fused-ring (bicyclic) bond motifs is 1. The lowest BCUT2D eigenvalue weighted by Gasteiger charge is -2.16. The molecule has 0 saturated heterocycles. The molecule has 2 aromatic heterocycles. The minimum Gasteiger partial charge on any atom is -0.495 e. The molecule has 35 heavy (non-hydrogen) atoms. The molecule has 11 heteroatoms. The summed E-state index contributed by atoms with van der Waals surface area (Å²) < 4.78 is 32.8. The van der Waals surface area contributed by atoms with Crippen molar-refractivity contribution < 1.29 is 18.5 Å². The van der Waals surface area contributed by atoms with E-state index in [2.05, 4.69) is 37.5 Å². The van der Waals surface area contributed by atoms with E-state index < -0.39 is 13.0 Å². The van der Waals surface area contributed by atoms with Gasteiger partial charge >= 0.3 is 0 Å². The van der Waals surface area contributed by atoms with Crippen LogP contribution >= 0.6 is 7.14 Å². The quantitative estimate of drug-likeness (QED) is 0.202. The summed E-state index contributed by atoms with van der Waals surface area (Å²) in [6.07, 6.45) is 2.35. The minimum absolute atomic E-state index is 0.140. The number of nitrogens with zero attached hydrogens (tertiary/aromatic N) is 2. The van der Waals surface area contributed by atoms with Crippen LogP contribution < -0.4 is 26.0 Å². The first-order valence-corrected chi connectivity index (χ1v) is 13.1. The van der Waals surface area contributed by atoms with Gasteiger partial charge in [0.2, 0.25) is 11.9 Å². The van der Waals surface area contributed by atoms with Gasteiger partial charge in [0.25, 0.3) is 0 Å². The van der Waals surface area contributed by atoms with Crippen LogP contribution in [0.3, 0.4) is 0 Å². The number of halogens is 1. The Labute approximate surface area is 201 Å². The molecule has 0 unspecified atom stereocenters. The van der Waals surface area contributed by atoms with Crippen molar-refractivity contribution in [2.45, 2.75) is 0 Å². The summed E-state index contributed by atoms with van der Waals surface area (Å²) in [5.41, 5.74) is 1.78. The summed E-state index contributed by atoms with van der Waals surface area (Å²) in [4.78, 5) is 23.4. The number of ether oxygens (including phenoxy) is 1. The fourth-order valence-electron chi connectivity index (χ4n) is 3.52. The maximum atomic E-state index is 14.6. The first-order valence-electron chi connectivity index (χ1n) is 10.5. The number of rotatable bonds is 8. The van der Waals surface area contributed by atoms with Crippen molar-refractivity contribution in [3.8, 4) is 5.75 Å². The molecule has 0 aliphatic rings. The summed E-state index contributed by atoms with van der Waals surface area (Å²) in [6.45, 7) is 6.77. The number of methoxy groups -OCH3 is 1. The molecule has 2 heterocycles. The van der Waals surface area contributed by atoms with Gasteiger partial charge in [-0.3, -0.25) is 4.79 Å². The standard InChI is InChI=1S/C24H24FN6O3P/c1-5-20(32)27-14-10-11-18(34-2)17(12-14)29-24-30-22-21(15(25)13-26-22)23(31-24)28-16-8-6-7-9-19(16)35(3,4)33/h5-13H,1H2,2-4H3,(H,27,32)(H3,26,28,29,30,31). The molecule has 0 aliphatic heterocycles. The molecule has 1 amide bonds. The number of H-pyrrole nitrogens is 1. The number of amides is 1. The van der Waals surface area contributed by atoms with Crippen molar-refractivity contribution in [3.05, 3.63) is 67.1 Å². The second kappa shape index (κ2) is 9.60. The molecular formula is C24H24FN6O3P. The highest BCUT2D eigenvalue weighted by Gasteiger charge is 2.20. The number of anilines is 5. The number of aromatic nitrogens is 3. The molecule has 0 spiro atoms. The van der Waals surface area contributed by atoms with Crippen LogP contribution in [0.4, 0.5) is 33.2 Å². The van der Waals surface area contributed by atoms with E-state index in [9.17, 15) is 13.8 Å². The van der Waals surface area contributed by atoms with E-state index in [4.69, 9.17) is 4.74 Å². The molecule has 2 aromatic carbocycles. The first-order chi connectivity index (χ1) is 16.7. The molecule has 0 fully saturated rings. The third kappa shape index (κ3) is 5.17. The Morgan fingerprint density at radius 1 is 1.14 bits per heavy atom. The second-order valence-corrected chi connectivity index (χ2v) is 11.2. The van der Waals surface area contributed by atoms with Gasteiger partial charge in [-0.1, -0.05) is 18.7 Å². The summed E-state index contributed by atoms with van der Waals surface area (Å²) in [5, 5.41) is 9.64. The molecule has 0 radical (unpaired) electrons. The molecule has 9 nitrogen and oxygen atoms in total. The van der Waals surface area contributed by atoms with Gasteiger partial charge < -0.3 is 30.2 Å². The molecule has 180 valence electrons.